The minimum Gasteiger partial charge on any atom is -0.444 e. The number of nitrogens with zero attached hydrogens (tertiary/aromatic N) is 1. The number of fused-ring (bicyclic) bond motifs is 1. The molecule has 3 N–H and O–H groups in total. The van der Waals surface area contributed by atoms with Gasteiger partial charge in [-0.3, -0.25) is 19.2 Å². The summed E-state index contributed by atoms with van der Waals surface area (Å²) in [7, 11) is 2.02. The highest BCUT2D eigenvalue weighted by Gasteiger charge is 2.54. The molecule has 1 heterocycles. The van der Waals surface area contributed by atoms with Crippen LogP contribution in [0.4, 0.5) is 4.79 Å². The number of rotatable bonds is 8. The van der Waals surface area contributed by atoms with Gasteiger partial charge in [0.1, 0.15) is 17.7 Å². The van der Waals surface area contributed by atoms with Crippen LogP contribution in [0.1, 0.15) is 80.1 Å². The first-order chi connectivity index (χ1) is 17.1. The molecule has 0 radical (unpaired) electrons. The number of carbonyl (C=O) groups excluding carboxylic acids is 5. The highest BCUT2D eigenvalue weighted by molar-refractivity contribution is 7.15. The average Bonchev–Trinajstić information content (AvgIpc) is 3.00. The Balaban J connectivity index is 1.80. The van der Waals surface area contributed by atoms with Crippen molar-refractivity contribution in [3.05, 3.63) is 0 Å². The number of ether oxygens (including phenoxy) is 1. The third kappa shape index (κ3) is 7.01. The van der Waals surface area contributed by atoms with Crippen LogP contribution in [0.5, 0.6) is 0 Å². The van der Waals surface area contributed by atoms with Crippen molar-refractivity contribution in [2.45, 2.75) is 104 Å². The molecule has 2 aliphatic carbocycles. The van der Waals surface area contributed by atoms with Gasteiger partial charge in [0, 0.05) is 6.54 Å². The van der Waals surface area contributed by atoms with Crippen LogP contribution >= 0.6 is 9.39 Å². The number of amides is 4. The monoisotopic (exact) mass is 538 g/mol. The third-order valence-corrected chi connectivity index (χ3v) is 8.02. The van der Waals surface area contributed by atoms with Gasteiger partial charge in [0.25, 0.3) is 5.91 Å². The van der Waals surface area contributed by atoms with Gasteiger partial charge in [-0.1, -0.05) is 40.0 Å². The molecule has 0 aromatic carbocycles. The van der Waals surface area contributed by atoms with Gasteiger partial charge in [0.2, 0.25) is 17.6 Å². The molecule has 0 bridgehead atoms. The number of likely N-dealkylation sites (tertiary alicyclic amines) is 1. The van der Waals surface area contributed by atoms with E-state index in [0.29, 0.717) is 13.0 Å². The highest BCUT2D eigenvalue weighted by atomic mass is 31.0. The molecule has 0 spiro atoms. The van der Waals surface area contributed by atoms with Crippen LogP contribution < -0.4 is 15.7 Å². The number of hydrogen-bond acceptors (Lipinski definition) is 6. The van der Waals surface area contributed by atoms with Gasteiger partial charge in [-0.15, -0.1) is 0 Å². The van der Waals surface area contributed by atoms with Crippen molar-refractivity contribution >= 4 is 39.0 Å². The Kier molecular flexibility index (Phi) is 8.93. The Labute approximate surface area is 222 Å². The maximum Gasteiger partial charge on any atom is 0.408 e. The van der Waals surface area contributed by atoms with Crippen molar-refractivity contribution < 1.29 is 28.7 Å². The molecule has 1 saturated heterocycles. The lowest BCUT2D eigenvalue weighted by atomic mass is 9.72. The van der Waals surface area contributed by atoms with Gasteiger partial charge < -0.3 is 25.4 Å². The van der Waals surface area contributed by atoms with Crippen LogP contribution in [0, 0.1) is 23.2 Å². The van der Waals surface area contributed by atoms with Gasteiger partial charge in [-0.05, 0) is 72.6 Å². The molecule has 4 amide bonds. The van der Waals surface area contributed by atoms with E-state index in [2.05, 4.69) is 15.7 Å². The molecule has 6 atom stereocenters. The predicted octanol–water partition coefficient (Wildman–Crippen LogP) is 2.31. The first-order valence-corrected chi connectivity index (χ1v) is 13.8. The molecule has 3 aliphatic rings. The largest absolute Gasteiger partial charge is 0.444 e. The van der Waals surface area contributed by atoms with Crippen molar-refractivity contribution in [2.24, 2.45) is 23.2 Å². The second-order valence-corrected chi connectivity index (χ2v) is 13.1. The number of alkyl carbamates (subject to hydrolysis) is 1. The Bertz CT molecular complexity index is 923. The minimum absolute atomic E-state index is 0.0129. The zero-order valence-corrected chi connectivity index (χ0v) is 24.0. The van der Waals surface area contributed by atoms with Crippen molar-refractivity contribution in [2.75, 3.05) is 6.54 Å². The summed E-state index contributed by atoms with van der Waals surface area (Å²) in [4.78, 5) is 66.5. The van der Waals surface area contributed by atoms with Crippen LogP contribution in [-0.4, -0.2) is 64.8 Å². The summed E-state index contributed by atoms with van der Waals surface area (Å²) in [5.74, 6) is -1.76. The van der Waals surface area contributed by atoms with Crippen molar-refractivity contribution in [1.29, 1.82) is 0 Å². The Hall–Kier alpha value is -2.22. The first kappa shape index (κ1) is 29.3. The number of hydrogen-bond donors (Lipinski definition) is 3. The van der Waals surface area contributed by atoms with E-state index in [1.807, 2.05) is 30.2 Å². The molecule has 0 aromatic rings. The van der Waals surface area contributed by atoms with Crippen LogP contribution in [0.15, 0.2) is 0 Å². The second-order valence-electron chi connectivity index (χ2n) is 12.8. The summed E-state index contributed by atoms with van der Waals surface area (Å²) < 4.78 is 5.39. The van der Waals surface area contributed by atoms with Crippen molar-refractivity contribution in [3.63, 3.8) is 0 Å². The molecule has 3 fully saturated rings. The summed E-state index contributed by atoms with van der Waals surface area (Å²) in [5.41, 5.74) is -1.37. The molecular formula is C26H43N4O6P. The maximum absolute atomic E-state index is 13.9. The number of carbonyl (C=O) groups is 5. The van der Waals surface area contributed by atoms with Gasteiger partial charge in [-0.25, -0.2) is 4.79 Å². The first-order valence-electron chi connectivity index (χ1n) is 13.3. The predicted molar refractivity (Wildman–Crippen MR) is 141 cm³/mol. The fourth-order valence-corrected chi connectivity index (χ4v) is 5.56. The zero-order valence-electron chi connectivity index (χ0n) is 22.9. The standard InChI is InChI=1S/C26H43N4O6P/c1-25(2,3)20(28-24(35)36-26(4,5)6)23(34)30-13-15-10-11-16(15)18(30)21(32)27-17(12-14-8-7-9-14)19(31)22(33)29-37/h14-18,20H,7-13,37H2,1-6H3,(H,27,32)(H,28,35)(H,29,33)/t15?,16-,17?,18-,20+/m0/s1. The lowest BCUT2D eigenvalue weighted by Crippen LogP contribution is -2.60. The molecule has 10 nitrogen and oxygen atoms in total. The summed E-state index contributed by atoms with van der Waals surface area (Å²) in [6.07, 6.45) is 4.43. The highest BCUT2D eigenvalue weighted by Crippen LogP contribution is 2.45. The Morgan fingerprint density at radius 1 is 0.973 bits per heavy atom. The van der Waals surface area contributed by atoms with E-state index in [0.717, 1.165) is 32.1 Å². The zero-order chi connectivity index (χ0) is 27.7. The Morgan fingerprint density at radius 2 is 1.62 bits per heavy atom. The van der Waals surface area contributed by atoms with E-state index in [-0.39, 0.29) is 23.7 Å². The number of Topliss-reactive ketones (excluding diaryl/α,β-unsaturated/α-hetero) is 1. The van der Waals surface area contributed by atoms with Crippen LogP contribution in [0.3, 0.4) is 0 Å². The van der Waals surface area contributed by atoms with Gasteiger partial charge in [0.05, 0.1) is 6.04 Å². The fourth-order valence-electron chi connectivity index (χ4n) is 5.42. The van der Waals surface area contributed by atoms with Crippen LogP contribution in [0.2, 0.25) is 0 Å². The van der Waals surface area contributed by atoms with Gasteiger partial charge in [-0.2, -0.15) is 0 Å². The number of ketones is 1. The fraction of sp³-hybridized carbons (Fsp3) is 0.808. The van der Waals surface area contributed by atoms with E-state index in [1.54, 1.807) is 25.7 Å². The van der Waals surface area contributed by atoms with Crippen LogP contribution in [0.25, 0.3) is 0 Å². The lowest BCUT2D eigenvalue weighted by Gasteiger charge is -2.37. The summed E-state index contributed by atoms with van der Waals surface area (Å²) in [6.45, 7) is 11.2. The second kappa shape index (κ2) is 11.3. The normalized spacial score (nSPS) is 25.1. The van der Waals surface area contributed by atoms with E-state index in [1.165, 1.54) is 0 Å². The third-order valence-electron chi connectivity index (χ3n) is 7.76. The van der Waals surface area contributed by atoms with Crippen molar-refractivity contribution in [3.8, 4) is 0 Å². The molecule has 1 aliphatic heterocycles. The maximum atomic E-state index is 13.9. The summed E-state index contributed by atoms with van der Waals surface area (Å²) in [6, 6.07) is -2.61. The molecular weight excluding hydrogens is 495 g/mol. The molecule has 37 heavy (non-hydrogen) atoms. The minimum atomic E-state index is -0.937. The SMILES string of the molecule is CC(C)(C)OC(=O)N[C@H](C(=O)N1CC2CC[C@@H]2[C@H]1C(=O)NC(CC1CCC1)C(=O)C(=O)NP)C(C)(C)C. The smallest absolute Gasteiger partial charge is 0.408 e. The summed E-state index contributed by atoms with van der Waals surface area (Å²) >= 11 is 0. The quantitative estimate of drug-likeness (QED) is 0.321. The van der Waals surface area contributed by atoms with E-state index in [9.17, 15) is 24.0 Å². The molecule has 11 heteroatoms. The molecule has 2 saturated carbocycles. The van der Waals surface area contributed by atoms with E-state index >= 15 is 0 Å². The van der Waals surface area contributed by atoms with Crippen molar-refractivity contribution in [1.82, 2.24) is 20.6 Å². The van der Waals surface area contributed by atoms with E-state index in [4.69, 9.17) is 4.74 Å². The summed E-state index contributed by atoms with van der Waals surface area (Å²) in [5, 5.41) is 7.83. The van der Waals surface area contributed by atoms with Gasteiger partial charge in [0.15, 0.2) is 0 Å². The number of nitrogens with one attached hydrogen (secondary N) is 3. The topological polar surface area (TPSA) is 134 Å². The molecule has 0 aromatic heterocycles. The average molecular weight is 539 g/mol. The van der Waals surface area contributed by atoms with E-state index < -0.39 is 52.8 Å². The van der Waals surface area contributed by atoms with Gasteiger partial charge >= 0.3 is 6.09 Å². The molecule has 3 unspecified atom stereocenters. The molecule has 208 valence electrons. The molecule has 3 rings (SSSR count). The lowest BCUT2D eigenvalue weighted by molar-refractivity contribution is -0.144. The Morgan fingerprint density at radius 3 is 2.08 bits per heavy atom. The van der Waals surface area contributed by atoms with Crippen LogP contribution in [-0.2, 0) is 23.9 Å².